The van der Waals surface area contributed by atoms with Gasteiger partial charge in [0.05, 0.1) is 18.2 Å². The maximum absolute atomic E-state index is 12.2. The topological polar surface area (TPSA) is 116 Å². The largest absolute Gasteiger partial charge is 0.468 e. The second kappa shape index (κ2) is 5.92. The molecule has 1 heterocycles. The highest BCUT2D eigenvalue weighted by atomic mass is 16.5. The lowest BCUT2D eigenvalue weighted by atomic mass is 10.1. The maximum atomic E-state index is 12.2. The number of hydrogen-bond acceptors (Lipinski definition) is 6. The van der Waals surface area contributed by atoms with E-state index >= 15 is 0 Å². The van der Waals surface area contributed by atoms with Crippen LogP contribution in [-0.4, -0.2) is 42.4 Å². The Morgan fingerprint density at radius 2 is 1.95 bits per heavy atom. The van der Waals surface area contributed by atoms with Gasteiger partial charge in [0, 0.05) is 12.2 Å². The number of ether oxygens (including phenoxy) is 1. The number of imide groups is 1. The summed E-state index contributed by atoms with van der Waals surface area (Å²) < 4.78 is 4.52. The third kappa shape index (κ3) is 2.87. The average molecular weight is 291 g/mol. The van der Waals surface area contributed by atoms with Crippen molar-refractivity contribution in [3.8, 4) is 0 Å². The van der Waals surface area contributed by atoms with Gasteiger partial charge in [-0.3, -0.25) is 19.3 Å². The highest BCUT2D eigenvalue weighted by molar-refractivity contribution is 6.21. The van der Waals surface area contributed by atoms with E-state index < -0.39 is 12.0 Å². The summed E-state index contributed by atoms with van der Waals surface area (Å²) in [6.45, 7) is 0.205. The SMILES string of the molecule is COC(=O)C(N)CCCN1C(=O)c2ccc(N)cc2C1=O. The second-order valence-electron chi connectivity index (χ2n) is 4.84. The van der Waals surface area contributed by atoms with Crippen molar-refractivity contribution in [3.63, 3.8) is 0 Å². The molecule has 1 atom stereocenters. The molecule has 0 saturated carbocycles. The Labute approximate surface area is 121 Å². The van der Waals surface area contributed by atoms with Gasteiger partial charge in [0.1, 0.15) is 6.04 Å². The molecule has 1 aliphatic heterocycles. The number of fused-ring (bicyclic) bond motifs is 1. The van der Waals surface area contributed by atoms with Crippen molar-refractivity contribution in [3.05, 3.63) is 29.3 Å². The first-order chi connectivity index (χ1) is 9.95. The molecule has 0 aliphatic carbocycles. The lowest BCUT2D eigenvalue weighted by molar-refractivity contribution is -0.142. The molecule has 1 aliphatic rings. The number of hydrogen-bond donors (Lipinski definition) is 2. The minimum absolute atomic E-state index is 0.205. The van der Waals surface area contributed by atoms with Crippen LogP contribution in [0.25, 0.3) is 0 Å². The number of carbonyl (C=O) groups excluding carboxylic acids is 3. The van der Waals surface area contributed by atoms with Crippen molar-refractivity contribution in [2.45, 2.75) is 18.9 Å². The molecule has 1 aromatic rings. The summed E-state index contributed by atoms with van der Waals surface area (Å²) in [7, 11) is 1.26. The Hall–Kier alpha value is -2.41. The van der Waals surface area contributed by atoms with Crippen LogP contribution in [0.5, 0.6) is 0 Å². The summed E-state index contributed by atoms with van der Waals surface area (Å²) in [4.78, 5) is 36.6. The quantitative estimate of drug-likeness (QED) is 0.453. The molecule has 4 N–H and O–H groups in total. The van der Waals surface area contributed by atoms with Crippen LogP contribution in [-0.2, 0) is 9.53 Å². The minimum Gasteiger partial charge on any atom is -0.468 e. The molecule has 0 radical (unpaired) electrons. The van der Waals surface area contributed by atoms with E-state index in [2.05, 4.69) is 4.74 Å². The van der Waals surface area contributed by atoms with Crippen LogP contribution >= 0.6 is 0 Å². The highest BCUT2D eigenvalue weighted by Gasteiger charge is 2.35. The number of methoxy groups -OCH3 is 1. The van der Waals surface area contributed by atoms with Gasteiger partial charge < -0.3 is 16.2 Å². The first-order valence-electron chi connectivity index (χ1n) is 6.55. The third-order valence-corrected chi connectivity index (χ3v) is 3.40. The van der Waals surface area contributed by atoms with Gasteiger partial charge in [-0.15, -0.1) is 0 Å². The van der Waals surface area contributed by atoms with Gasteiger partial charge in [-0.1, -0.05) is 0 Å². The molecule has 0 spiro atoms. The normalized spacial score (nSPS) is 15.0. The fourth-order valence-electron chi connectivity index (χ4n) is 2.25. The summed E-state index contributed by atoms with van der Waals surface area (Å²) in [6.07, 6.45) is 0.763. The Morgan fingerprint density at radius 3 is 2.62 bits per heavy atom. The number of esters is 1. The lowest BCUT2D eigenvalue weighted by Gasteiger charge is -2.15. The van der Waals surface area contributed by atoms with Crippen molar-refractivity contribution in [1.82, 2.24) is 4.90 Å². The second-order valence-corrected chi connectivity index (χ2v) is 4.84. The number of nitrogens with zero attached hydrogens (tertiary/aromatic N) is 1. The van der Waals surface area contributed by atoms with Crippen LogP contribution in [0.2, 0.25) is 0 Å². The maximum Gasteiger partial charge on any atom is 0.322 e. The van der Waals surface area contributed by atoms with Crippen molar-refractivity contribution in [2.75, 3.05) is 19.4 Å². The van der Waals surface area contributed by atoms with Gasteiger partial charge in [0.25, 0.3) is 11.8 Å². The van der Waals surface area contributed by atoms with E-state index in [1.54, 1.807) is 12.1 Å². The molecule has 0 fully saturated rings. The predicted molar refractivity (Wildman–Crippen MR) is 75.4 cm³/mol. The lowest BCUT2D eigenvalue weighted by Crippen LogP contribution is -2.35. The van der Waals surface area contributed by atoms with Gasteiger partial charge in [-0.2, -0.15) is 0 Å². The molecule has 7 heteroatoms. The van der Waals surface area contributed by atoms with Crippen LogP contribution < -0.4 is 11.5 Å². The van der Waals surface area contributed by atoms with E-state index in [4.69, 9.17) is 11.5 Å². The Bertz CT molecular complexity index is 600. The molecule has 2 amide bonds. The standard InChI is InChI=1S/C14H17N3O4/c1-21-14(20)11(16)3-2-6-17-12(18)9-5-4-8(15)7-10(9)13(17)19/h4-5,7,11H,2-3,6,15-16H2,1H3. The van der Waals surface area contributed by atoms with Gasteiger partial charge >= 0.3 is 5.97 Å². The summed E-state index contributed by atoms with van der Waals surface area (Å²) >= 11 is 0. The first kappa shape index (κ1) is 15.0. The minimum atomic E-state index is -0.749. The molecule has 112 valence electrons. The Balaban J connectivity index is 1.99. The summed E-state index contributed by atoms with van der Waals surface area (Å²) in [5.74, 6) is -1.22. The fourth-order valence-corrected chi connectivity index (χ4v) is 2.25. The zero-order valence-electron chi connectivity index (χ0n) is 11.7. The predicted octanol–water partition coefficient (Wildman–Crippen LogP) is 0.145. The van der Waals surface area contributed by atoms with Crippen LogP contribution in [0.1, 0.15) is 33.6 Å². The summed E-state index contributed by atoms with van der Waals surface area (Å²) in [5.41, 5.74) is 12.3. The number of anilines is 1. The molecule has 1 unspecified atom stereocenters. The van der Waals surface area contributed by atoms with Crippen molar-refractivity contribution < 1.29 is 19.1 Å². The van der Waals surface area contributed by atoms with Crippen LogP contribution in [0.3, 0.4) is 0 Å². The van der Waals surface area contributed by atoms with Crippen molar-refractivity contribution in [1.29, 1.82) is 0 Å². The van der Waals surface area contributed by atoms with Crippen molar-refractivity contribution in [2.24, 2.45) is 5.73 Å². The van der Waals surface area contributed by atoms with Gasteiger partial charge in [-0.05, 0) is 31.0 Å². The van der Waals surface area contributed by atoms with Crippen LogP contribution in [0.4, 0.5) is 5.69 Å². The van der Waals surface area contributed by atoms with Gasteiger partial charge in [0.2, 0.25) is 0 Å². The number of nitrogen functional groups attached to an aromatic ring is 1. The molecular weight excluding hydrogens is 274 g/mol. The molecule has 0 bridgehead atoms. The highest BCUT2D eigenvalue weighted by Crippen LogP contribution is 2.25. The van der Waals surface area contributed by atoms with E-state index in [1.165, 1.54) is 13.2 Å². The Kier molecular flexibility index (Phi) is 4.23. The monoisotopic (exact) mass is 291 g/mol. The van der Waals surface area contributed by atoms with E-state index in [0.717, 1.165) is 4.90 Å². The molecule has 0 saturated heterocycles. The van der Waals surface area contributed by atoms with E-state index in [-0.39, 0.29) is 18.4 Å². The Morgan fingerprint density at radius 1 is 1.29 bits per heavy atom. The molecular formula is C14H17N3O4. The number of amides is 2. The van der Waals surface area contributed by atoms with Gasteiger partial charge in [-0.25, -0.2) is 0 Å². The summed E-state index contributed by atoms with van der Waals surface area (Å²) in [6, 6.07) is 3.88. The molecule has 7 nitrogen and oxygen atoms in total. The molecule has 21 heavy (non-hydrogen) atoms. The van der Waals surface area contributed by atoms with Crippen LogP contribution in [0.15, 0.2) is 18.2 Å². The molecule has 0 aromatic heterocycles. The zero-order chi connectivity index (χ0) is 15.6. The smallest absolute Gasteiger partial charge is 0.322 e. The molecule has 2 rings (SSSR count). The van der Waals surface area contributed by atoms with Crippen molar-refractivity contribution >= 4 is 23.5 Å². The molecule has 1 aromatic carbocycles. The van der Waals surface area contributed by atoms with E-state index in [1.807, 2.05) is 0 Å². The summed E-state index contributed by atoms with van der Waals surface area (Å²) in [5, 5.41) is 0. The van der Waals surface area contributed by atoms with E-state index in [0.29, 0.717) is 29.7 Å². The average Bonchev–Trinajstić information content (AvgIpc) is 2.70. The van der Waals surface area contributed by atoms with Crippen LogP contribution in [0, 0.1) is 0 Å². The zero-order valence-corrected chi connectivity index (χ0v) is 11.7. The van der Waals surface area contributed by atoms with Gasteiger partial charge in [0.15, 0.2) is 0 Å². The third-order valence-electron chi connectivity index (χ3n) is 3.40. The van der Waals surface area contributed by atoms with E-state index in [9.17, 15) is 14.4 Å². The number of carbonyl (C=O) groups is 3. The fraction of sp³-hybridized carbons (Fsp3) is 0.357. The number of benzene rings is 1. The number of nitrogens with two attached hydrogens (primary N) is 2. The first-order valence-corrected chi connectivity index (χ1v) is 6.55. The number of rotatable bonds is 5.